The molecule has 3 aromatic rings. The molecule has 0 unspecified atom stereocenters. The van der Waals surface area contributed by atoms with Crippen LogP contribution in [0.4, 0.5) is 0 Å². The third-order valence-corrected chi connectivity index (χ3v) is 4.37. The molecule has 1 saturated heterocycles. The zero-order valence-corrected chi connectivity index (χ0v) is 13.6. The van der Waals surface area contributed by atoms with Gasteiger partial charge in [-0.15, -0.1) is 0 Å². The van der Waals surface area contributed by atoms with E-state index in [1.807, 2.05) is 29.2 Å². The van der Waals surface area contributed by atoms with Crippen LogP contribution in [0.3, 0.4) is 0 Å². The molecule has 1 amide bonds. The summed E-state index contributed by atoms with van der Waals surface area (Å²) >= 11 is 0. The normalized spacial score (nSPS) is 14.3. The Morgan fingerprint density at radius 2 is 1.76 bits per heavy atom. The molecule has 0 atom stereocenters. The summed E-state index contributed by atoms with van der Waals surface area (Å²) < 4.78 is 5.23. The van der Waals surface area contributed by atoms with Crippen molar-refractivity contribution in [3.05, 3.63) is 60.5 Å². The molecule has 1 aliphatic rings. The van der Waals surface area contributed by atoms with E-state index in [4.69, 9.17) is 4.52 Å². The molecule has 4 heterocycles. The van der Waals surface area contributed by atoms with E-state index in [9.17, 15) is 4.79 Å². The molecule has 0 N–H and O–H groups in total. The highest BCUT2D eigenvalue weighted by Crippen LogP contribution is 2.27. The minimum atomic E-state index is 0.119. The minimum Gasteiger partial charge on any atom is -0.341 e. The van der Waals surface area contributed by atoms with E-state index in [-0.39, 0.29) is 5.91 Å². The summed E-state index contributed by atoms with van der Waals surface area (Å²) in [6.07, 6.45) is 7.76. The molecule has 0 aliphatic carbocycles. The Bertz CT molecular complexity index is 844. The average Bonchev–Trinajstić information content (AvgIpc) is 3.09. The van der Waals surface area contributed by atoms with Crippen LogP contribution in [-0.4, -0.2) is 44.0 Å². The topological polar surface area (TPSA) is 85.0 Å². The molecule has 0 spiro atoms. The van der Waals surface area contributed by atoms with E-state index in [1.54, 1.807) is 24.8 Å². The Balaban J connectivity index is 1.28. The summed E-state index contributed by atoms with van der Waals surface area (Å²) in [5.41, 5.74) is 2.08. The SMILES string of the molecule is O=C(CCc1nc(-c2ccncc2)no1)N1CC(c2ccncc2)C1. The fourth-order valence-electron chi connectivity index (χ4n) is 2.88. The number of carbonyl (C=O) groups is 1. The summed E-state index contributed by atoms with van der Waals surface area (Å²) in [7, 11) is 0. The number of amides is 1. The van der Waals surface area contributed by atoms with Crippen molar-refractivity contribution in [3.8, 4) is 11.4 Å². The number of pyridine rings is 2. The maximum absolute atomic E-state index is 12.3. The summed E-state index contributed by atoms with van der Waals surface area (Å²) in [4.78, 5) is 26.4. The second-order valence-corrected chi connectivity index (χ2v) is 6.02. The van der Waals surface area contributed by atoms with Crippen LogP contribution in [0.25, 0.3) is 11.4 Å². The molecule has 7 nitrogen and oxygen atoms in total. The molecule has 4 rings (SSSR count). The van der Waals surface area contributed by atoms with E-state index in [2.05, 4.69) is 20.1 Å². The van der Waals surface area contributed by atoms with Gasteiger partial charge in [-0.1, -0.05) is 5.16 Å². The van der Waals surface area contributed by atoms with Gasteiger partial charge in [0.25, 0.3) is 0 Å². The van der Waals surface area contributed by atoms with Crippen LogP contribution in [0.5, 0.6) is 0 Å². The minimum absolute atomic E-state index is 0.119. The lowest BCUT2D eigenvalue weighted by molar-refractivity contribution is -0.135. The zero-order valence-electron chi connectivity index (χ0n) is 13.6. The van der Waals surface area contributed by atoms with Gasteiger partial charge in [-0.2, -0.15) is 4.98 Å². The fourth-order valence-corrected chi connectivity index (χ4v) is 2.88. The monoisotopic (exact) mass is 335 g/mol. The fraction of sp³-hybridized carbons (Fsp3) is 0.278. The van der Waals surface area contributed by atoms with Crippen LogP contribution in [0.1, 0.15) is 23.8 Å². The third-order valence-electron chi connectivity index (χ3n) is 4.37. The lowest BCUT2D eigenvalue weighted by Gasteiger charge is -2.39. The van der Waals surface area contributed by atoms with Gasteiger partial charge in [-0.25, -0.2) is 0 Å². The quantitative estimate of drug-likeness (QED) is 0.710. The number of hydrogen-bond donors (Lipinski definition) is 0. The second kappa shape index (κ2) is 6.80. The molecular formula is C18H17N5O2. The van der Waals surface area contributed by atoms with Crippen LogP contribution in [0, 0.1) is 0 Å². The number of rotatable bonds is 5. The molecule has 0 radical (unpaired) electrons. The van der Waals surface area contributed by atoms with Crippen LogP contribution in [0.15, 0.2) is 53.6 Å². The standard InChI is InChI=1S/C18H17N5O2/c24-17(23-11-15(12-23)13-3-7-19-8-4-13)2-1-16-21-18(22-25-16)14-5-9-20-10-6-14/h3-10,15H,1-2,11-12H2. The van der Waals surface area contributed by atoms with Crippen molar-refractivity contribution in [2.24, 2.45) is 0 Å². The van der Waals surface area contributed by atoms with E-state index in [0.717, 1.165) is 18.7 Å². The van der Waals surface area contributed by atoms with Gasteiger partial charge in [-0.3, -0.25) is 14.8 Å². The van der Waals surface area contributed by atoms with Crippen molar-refractivity contribution in [1.29, 1.82) is 0 Å². The predicted octanol–water partition coefficient (Wildman–Crippen LogP) is 2.09. The van der Waals surface area contributed by atoms with Crippen LogP contribution >= 0.6 is 0 Å². The molecule has 0 aromatic carbocycles. The van der Waals surface area contributed by atoms with Crippen molar-refractivity contribution in [2.45, 2.75) is 18.8 Å². The van der Waals surface area contributed by atoms with Gasteiger partial charge < -0.3 is 9.42 Å². The summed E-state index contributed by atoms with van der Waals surface area (Å²) in [6.45, 7) is 1.52. The predicted molar refractivity (Wildman–Crippen MR) is 89.4 cm³/mol. The molecule has 1 aliphatic heterocycles. The zero-order chi connectivity index (χ0) is 17.1. The van der Waals surface area contributed by atoms with E-state index in [0.29, 0.717) is 30.5 Å². The molecule has 0 saturated carbocycles. The highest BCUT2D eigenvalue weighted by Gasteiger charge is 2.31. The van der Waals surface area contributed by atoms with Crippen molar-refractivity contribution in [1.82, 2.24) is 25.0 Å². The Labute approximate surface area is 144 Å². The summed E-state index contributed by atoms with van der Waals surface area (Å²) in [5.74, 6) is 1.53. The summed E-state index contributed by atoms with van der Waals surface area (Å²) in [6, 6.07) is 7.65. The second-order valence-electron chi connectivity index (χ2n) is 6.02. The van der Waals surface area contributed by atoms with Gasteiger partial charge in [0.1, 0.15) is 0 Å². The first-order valence-electron chi connectivity index (χ1n) is 8.20. The summed E-state index contributed by atoms with van der Waals surface area (Å²) in [5, 5.41) is 3.95. The van der Waals surface area contributed by atoms with E-state index in [1.165, 1.54) is 5.56 Å². The van der Waals surface area contributed by atoms with Gasteiger partial charge >= 0.3 is 0 Å². The smallest absolute Gasteiger partial charge is 0.227 e. The van der Waals surface area contributed by atoms with Gasteiger partial charge in [0, 0.05) is 62.2 Å². The van der Waals surface area contributed by atoms with Crippen molar-refractivity contribution >= 4 is 5.91 Å². The molecule has 0 bridgehead atoms. The first kappa shape index (κ1) is 15.4. The lowest BCUT2D eigenvalue weighted by Crippen LogP contribution is -2.48. The molecule has 1 fully saturated rings. The lowest BCUT2D eigenvalue weighted by atomic mass is 9.92. The number of aryl methyl sites for hydroxylation is 1. The average molecular weight is 335 g/mol. The van der Waals surface area contributed by atoms with Crippen LogP contribution in [0.2, 0.25) is 0 Å². The molecule has 126 valence electrons. The molecular weight excluding hydrogens is 318 g/mol. The molecule has 7 heteroatoms. The van der Waals surface area contributed by atoms with Crippen molar-refractivity contribution in [3.63, 3.8) is 0 Å². The van der Waals surface area contributed by atoms with Gasteiger partial charge in [-0.05, 0) is 29.8 Å². The largest absolute Gasteiger partial charge is 0.341 e. The van der Waals surface area contributed by atoms with Crippen molar-refractivity contribution < 1.29 is 9.32 Å². The van der Waals surface area contributed by atoms with Gasteiger partial charge in [0.2, 0.25) is 17.6 Å². The maximum atomic E-state index is 12.3. The van der Waals surface area contributed by atoms with Gasteiger partial charge in [0.15, 0.2) is 0 Å². The van der Waals surface area contributed by atoms with Gasteiger partial charge in [0.05, 0.1) is 0 Å². The Morgan fingerprint density at radius 3 is 2.48 bits per heavy atom. The number of likely N-dealkylation sites (tertiary alicyclic amines) is 1. The third kappa shape index (κ3) is 3.40. The Morgan fingerprint density at radius 1 is 1.08 bits per heavy atom. The van der Waals surface area contributed by atoms with Crippen LogP contribution in [-0.2, 0) is 11.2 Å². The first-order chi connectivity index (χ1) is 12.3. The van der Waals surface area contributed by atoms with E-state index >= 15 is 0 Å². The van der Waals surface area contributed by atoms with Crippen LogP contribution < -0.4 is 0 Å². The highest BCUT2D eigenvalue weighted by atomic mass is 16.5. The first-order valence-corrected chi connectivity index (χ1v) is 8.20. The van der Waals surface area contributed by atoms with Crippen molar-refractivity contribution in [2.75, 3.05) is 13.1 Å². The Hall–Kier alpha value is -3.09. The molecule has 25 heavy (non-hydrogen) atoms. The Kier molecular flexibility index (Phi) is 4.20. The number of hydrogen-bond acceptors (Lipinski definition) is 6. The van der Waals surface area contributed by atoms with E-state index < -0.39 is 0 Å². The number of nitrogens with zero attached hydrogens (tertiary/aromatic N) is 5. The highest BCUT2D eigenvalue weighted by molar-refractivity contribution is 5.77. The maximum Gasteiger partial charge on any atom is 0.227 e. The number of carbonyl (C=O) groups excluding carboxylic acids is 1. The molecule has 3 aromatic heterocycles. The number of aromatic nitrogens is 4.